The zero-order valence-electron chi connectivity index (χ0n) is 11.8. The molecule has 1 N–H and O–H groups in total. The first kappa shape index (κ1) is 14.5. The first-order chi connectivity index (χ1) is 8.18. The van der Waals surface area contributed by atoms with Crippen molar-refractivity contribution in [3.63, 3.8) is 0 Å². The van der Waals surface area contributed by atoms with Gasteiger partial charge >= 0.3 is 6.09 Å². The standard InChI is InChI=1S/C14H22N2O2/c1-13(2,3)18-12(17)16-14(4,5)10-11-6-8-15-9-7-11/h6-9H,10H2,1-5H3,(H,16,17). The molecule has 0 saturated heterocycles. The molecule has 18 heavy (non-hydrogen) atoms. The Morgan fingerprint density at radius 2 is 1.78 bits per heavy atom. The van der Waals surface area contributed by atoms with Crippen molar-refractivity contribution >= 4 is 6.09 Å². The van der Waals surface area contributed by atoms with Gasteiger partial charge in [-0.1, -0.05) is 0 Å². The molecule has 1 heterocycles. The van der Waals surface area contributed by atoms with Gasteiger partial charge in [0.2, 0.25) is 0 Å². The van der Waals surface area contributed by atoms with Gasteiger partial charge < -0.3 is 10.1 Å². The summed E-state index contributed by atoms with van der Waals surface area (Å²) in [4.78, 5) is 15.7. The number of alkyl carbamates (subject to hydrolysis) is 1. The molecule has 0 radical (unpaired) electrons. The molecule has 0 aliphatic carbocycles. The molecule has 4 nitrogen and oxygen atoms in total. The Balaban J connectivity index is 2.57. The van der Waals surface area contributed by atoms with Gasteiger partial charge in [0.05, 0.1) is 0 Å². The minimum Gasteiger partial charge on any atom is -0.444 e. The van der Waals surface area contributed by atoms with Crippen molar-refractivity contribution in [1.29, 1.82) is 0 Å². The van der Waals surface area contributed by atoms with E-state index >= 15 is 0 Å². The molecule has 4 heteroatoms. The smallest absolute Gasteiger partial charge is 0.408 e. The number of hydrogen-bond acceptors (Lipinski definition) is 3. The largest absolute Gasteiger partial charge is 0.444 e. The molecular formula is C14H22N2O2. The molecule has 0 fully saturated rings. The van der Waals surface area contributed by atoms with Crippen LogP contribution in [0, 0.1) is 0 Å². The van der Waals surface area contributed by atoms with Crippen molar-refractivity contribution in [3.05, 3.63) is 30.1 Å². The zero-order chi connectivity index (χ0) is 13.8. The van der Waals surface area contributed by atoms with Crippen molar-refractivity contribution in [2.24, 2.45) is 0 Å². The quantitative estimate of drug-likeness (QED) is 0.897. The van der Waals surface area contributed by atoms with Crippen molar-refractivity contribution in [1.82, 2.24) is 10.3 Å². The van der Waals surface area contributed by atoms with E-state index in [0.29, 0.717) is 0 Å². The minimum atomic E-state index is -0.475. The van der Waals surface area contributed by atoms with Crippen LogP contribution in [0.4, 0.5) is 4.79 Å². The fourth-order valence-electron chi connectivity index (χ4n) is 1.64. The summed E-state index contributed by atoms with van der Waals surface area (Å²) in [5.41, 5.74) is 0.298. The van der Waals surface area contributed by atoms with Crippen LogP contribution in [-0.4, -0.2) is 22.2 Å². The monoisotopic (exact) mass is 250 g/mol. The van der Waals surface area contributed by atoms with E-state index in [1.54, 1.807) is 12.4 Å². The highest BCUT2D eigenvalue weighted by Crippen LogP contribution is 2.14. The lowest BCUT2D eigenvalue weighted by atomic mass is 9.96. The number of nitrogens with zero attached hydrogens (tertiary/aromatic N) is 1. The van der Waals surface area contributed by atoms with E-state index in [1.807, 2.05) is 46.8 Å². The van der Waals surface area contributed by atoms with Gasteiger partial charge in [-0.05, 0) is 58.7 Å². The van der Waals surface area contributed by atoms with E-state index in [2.05, 4.69) is 10.3 Å². The normalized spacial score (nSPS) is 12.1. The Morgan fingerprint density at radius 3 is 2.28 bits per heavy atom. The van der Waals surface area contributed by atoms with Crippen LogP contribution >= 0.6 is 0 Å². The number of pyridine rings is 1. The summed E-state index contributed by atoms with van der Waals surface area (Å²) < 4.78 is 5.25. The maximum atomic E-state index is 11.7. The topological polar surface area (TPSA) is 51.2 Å². The van der Waals surface area contributed by atoms with Crippen LogP contribution in [-0.2, 0) is 11.2 Å². The van der Waals surface area contributed by atoms with Gasteiger partial charge in [-0.3, -0.25) is 4.98 Å². The van der Waals surface area contributed by atoms with Crippen LogP contribution in [0.1, 0.15) is 40.2 Å². The Bertz CT molecular complexity index is 394. The lowest BCUT2D eigenvalue weighted by Gasteiger charge is -2.28. The summed E-state index contributed by atoms with van der Waals surface area (Å²) >= 11 is 0. The molecule has 0 unspecified atom stereocenters. The third-order valence-electron chi connectivity index (χ3n) is 2.23. The average molecular weight is 250 g/mol. The molecule has 1 amide bonds. The summed E-state index contributed by atoms with van der Waals surface area (Å²) in [5.74, 6) is 0. The van der Waals surface area contributed by atoms with Gasteiger partial charge in [-0.15, -0.1) is 0 Å². The molecule has 0 spiro atoms. The molecule has 0 saturated carbocycles. The number of rotatable bonds is 3. The summed E-state index contributed by atoms with van der Waals surface area (Å²) in [6, 6.07) is 3.89. The molecule has 100 valence electrons. The van der Waals surface area contributed by atoms with E-state index in [0.717, 1.165) is 12.0 Å². The maximum absolute atomic E-state index is 11.7. The van der Waals surface area contributed by atoms with Crippen molar-refractivity contribution in [3.8, 4) is 0 Å². The molecule has 0 aromatic carbocycles. The molecule has 1 aromatic heterocycles. The lowest BCUT2D eigenvalue weighted by Crippen LogP contribution is -2.47. The van der Waals surface area contributed by atoms with Crippen molar-refractivity contribution in [2.45, 2.75) is 52.2 Å². The van der Waals surface area contributed by atoms with Crippen LogP contribution in [0.3, 0.4) is 0 Å². The Hall–Kier alpha value is -1.58. The number of hydrogen-bond donors (Lipinski definition) is 1. The molecule has 0 aliphatic heterocycles. The zero-order valence-corrected chi connectivity index (χ0v) is 11.8. The van der Waals surface area contributed by atoms with E-state index < -0.39 is 5.60 Å². The van der Waals surface area contributed by atoms with Gasteiger partial charge in [0, 0.05) is 17.9 Å². The summed E-state index contributed by atoms with van der Waals surface area (Å²) in [5, 5.41) is 2.88. The van der Waals surface area contributed by atoms with Gasteiger partial charge in [0.25, 0.3) is 0 Å². The van der Waals surface area contributed by atoms with Gasteiger partial charge in [-0.2, -0.15) is 0 Å². The van der Waals surface area contributed by atoms with Crippen LogP contribution < -0.4 is 5.32 Å². The number of nitrogens with one attached hydrogen (secondary N) is 1. The lowest BCUT2D eigenvalue weighted by molar-refractivity contribution is 0.0472. The first-order valence-electron chi connectivity index (χ1n) is 6.08. The molecule has 0 atom stereocenters. The Morgan fingerprint density at radius 1 is 1.22 bits per heavy atom. The van der Waals surface area contributed by atoms with Crippen molar-refractivity contribution in [2.75, 3.05) is 0 Å². The third-order valence-corrected chi connectivity index (χ3v) is 2.23. The molecule has 0 bridgehead atoms. The van der Waals surface area contributed by atoms with E-state index in [9.17, 15) is 4.79 Å². The molecule has 0 aliphatic rings. The van der Waals surface area contributed by atoms with Gasteiger partial charge in [0.1, 0.15) is 5.60 Å². The number of carbonyl (C=O) groups excluding carboxylic acids is 1. The van der Waals surface area contributed by atoms with Gasteiger partial charge in [0.15, 0.2) is 0 Å². The number of ether oxygens (including phenoxy) is 1. The Labute approximate surface area is 109 Å². The third kappa shape index (κ3) is 5.66. The van der Waals surface area contributed by atoms with Crippen LogP contribution in [0.25, 0.3) is 0 Å². The van der Waals surface area contributed by atoms with Crippen LogP contribution in [0.15, 0.2) is 24.5 Å². The minimum absolute atomic E-state index is 0.357. The highest BCUT2D eigenvalue weighted by atomic mass is 16.6. The second-order valence-corrected chi connectivity index (χ2v) is 6.04. The Kier molecular flexibility index (Phi) is 4.33. The predicted molar refractivity (Wildman–Crippen MR) is 71.4 cm³/mol. The number of carbonyl (C=O) groups is 1. The van der Waals surface area contributed by atoms with E-state index in [4.69, 9.17) is 4.74 Å². The van der Waals surface area contributed by atoms with E-state index in [-0.39, 0.29) is 11.6 Å². The molecule has 1 aromatic rings. The molecular weight excluding hydrogens is 228 g/mol. The van der Waals surface area contributed by atoms with E-state index in [1.165, 1.54) is 0 Å². The van der Waals surface area contributed by atoms with Crippen LogP contribution in [0.2, 0.25) is 0 Å². The summed E-state index contributed by atoms with van der Waals surface area (Å²) in [6.07, 6.45) is 3.84. The average Bonchev–Trinajstić information content (AvgIpc) is 2.13. The van der Waals surface area contributed by atoms with Gasteiger partial charge in [-0.25, -0.2) is 4.79 Å². The highest BCUT2D eigenvalue weighted by Gasteiger charge is 2.24. The predicted octanol–water partition coefficient (Wildman–Crippen LogP) is 2.93. The second kappa shape index (κ2) is 5.38. The summed E-state index contributed by atoms with van der Waals surface area (Å²) in [7, 11) is 0. The fraction of sp³-hybridized carbons (Fsp3) is 0.571. The first-order valence-corrected chi connectivity index (χ1v) is 6.08. The van der Waals surface area contributed by atoms with Crippen molar-refractivity contribution < 1.29 is 9.53 Å². The second-order valence-electron chi connectivity index (χ2n) is 6.04. The SMILES string of the molecule is CC(C)(Cc1ccncc1)NC(=O)OC(C)(C)C. The maximum Gasteiger partial charge on any atom is 0.408 e. The number of amides is 1. The summed E-state index contributed by atoms with van der Waals surface area (Å²) in [6.45, 7) is 9.49. The highest BCUT2D eigenvalue weighted by molar-refractivity contribution is 5.68. The fourth-order valence-corrected chi connectivity index (χ4v) is 1.64. The number of aromatic nitrogens is 1. The van der Waals surface area contributed by atoms with Crippen LogP contribution in [0.5, 0.6) is 0 Å². The molecule has 1 rings (SSSR count).